The number of imidazole rings is 1. The first-order valence-electron chi connectivity index (χ1n) is 9.15. The Hall–Kier alpha value is -1.47. The second kappa shape index (κ2) is 6.93. The molecule has 0 unspecified atom stereocenters. The summed E-state index contributed by atoms with van der Waals surface area (Å²) in [5.41, 5.74) is 3.18. The van der Waals surface area contributed by atoms with Gasteiger partial charge in [-0.25, -0.2) is 13.8 Å². The topological polar surface area (TPSA) is 33.1 Å². The fraction of sp³-hybridized carbons (Fsp3) is 0.526. The Morgan fingerprint density at radius 3 is 2.77 bits per heavy atom. The smallest absolute Gasteiger partial charge is 0.265 e. The van der Waals surface area contributed by atoms with Gasteiger partial charge >= 0.3 is 0 Å². The van der Waals surface area contributed by atoms with E-state index in [4.69, 9.17) is 4.98 Å². The molecule has 0 spiro atoms. The second-order valence-electron chi connectivity index (χ2n) is 7.28. The van der Waals surface area contributed by atoms with Crippen LogP contribution in [0.1, 0.15) is 55.3 Å². The standard InChI is InChI=1S/C19H23BrF2N4/c1-11(2)18-24-19(16-10-23-5-7-26(16)18)25-6-3-4-12-8-14(20)13(17(21)22)9-15(12)25/h8-9,11,17,23H,3-7,10H2,1-2H3. The third-order valence-electron chi connectivity index (χ3n) is 5.21. The summed E-state index contributed by atoms with van der Waals surface area (Å²) in [5.74, 6) is 2.32. The molecule has 1 aromatic carbocycles. The van der Waals surface area contributed by atoms with Gasteiger partial charge in [0.25, 0.3) is 6.43 Å². The van der Waals surface area contributed by atoms with E-state index in [1.807, 2.05) is 6.07 Å². The number of halogens is 3. The van der Waals surface area contributed by atoms with Gasteiger partial charge in [0.1, 0.15) is 5.82 Å². The third kappa shape index (κ3) is 2.95. The summed E-state index contributed by atoms with van der Waals surface area (Å²) in [4.78, 5) is 7.10. The molecule has 0 saturated carbocycles. The van der Waals surface area contributed by atoms with Crippen molar-refractivity contribution in [2.75, 3.05) is 18.0 Å². The summed E-state index contributed by atoms with van der Waals surface area (Å²) in [6.45, 7) is 7.70. The van der Waals surface area contributed by atoms with Crippen molar-refractivity contribution in [2.24, 2.45) is 0 Å². The molecule has 1 aromatic heterocycles. The van der Waals surface area contributed by atoms with Crippen LogP contribution in [0.4, 0.5) is 20.3 Å². The number of aromatic nitrogens is 2. The van der Waals surface area contributed by atoms with E-state index in [2.05, 4.69) is 44.6 Å². The number of hydrogen-bond donors (Lipinski definition) is 1. The Balaban J connectivity index is 1.85. The van der Waals surface area contributed by atoms with Gasteiger partial charge in [0.2, 0.25) is 0 Å². The molecule has 1 N–H and O–H groups in total. The molecule has 4 nitrogen and oxygen atoms in total. The Kier molecular flexibility index (Phi) is 4.77. The molecule has 3 heterocycles. The average Bonchev–Trinajstić information content (AvgIpc) is 3.00. The lowest BCUT2D eigenvalue weighted by Crippen LogP contribution is -2.31. The first-order valence-corrected chi connectivity index (χ1v) is 9.94. The van der Waals surface area contributed by atoms with E-state index in [1.165, 1.54) is 0 Å². The van der Waals surface area contributed by atoms with Crippen LogP contribution in [0.3, 0.4) is 0 Å². The Morgan fingerprint density at radius 2 is 2.04 bits per heavy atom. The van der Waals surface area contributed by atoms with Crippen LogP contribution in [0.25, 0.3) is 0 Å². The Bertz CT molecular complexity index is 831. The maximum atomic E-state index is 13.4. The van der Waals surface area contributed by atoms with Crippen molar-refractivity contribution in [2.45, 2.75) is 52.1 Å². The summed E-state index contributed by atoms with van der Waals surface area (Å²) in [6.07, 6.45) is -0.606. The number of alkyl halides is 2. The Morgan fingerprint density at radius 1 is 1.23 bits per heavy atom. The van der Waals surface area contributed by atoms with Crippen molar-refractivity contribution >= 4 is 27.4 Å². The van der Waals surface area contributed by atoms with Gasteiger partial charge in [0.15, 0.2) is 5.82 Å². The maximum Gasteiger partial charge on any atom is 0.265 e. The van der Waals surface area contributed by atoms with Crippen LogP contribution in [0, 0.1) is 0 Å². The number of benzene rings is 1. The van der Waals surface area contributed by atoms with Gasteiger partial charge < -0.3 is 14.8 Å². The summed E-state index contributed by atoms with van der Waals surface area (Å²) in [5, 5.41) is 3.42. The molecule has 0 saturated heterocycles. The van der Waals surface area contributed by atoms with E-state index >= 15 is 0 Å². The van der Waals surface area contributed by atoms with E-state index in [1.54, 1.807) is 6.07 Å². The highest BCUT2D eigenvalue weighted by Crippen LogP contribution is 2.41. The molecule has 2 aliphatic heterocycles. The lowest BCUT2D eigenvalue weighted by atomic mass is 9.99. The van der Waals surface area contributed by atoms with E-state index in [9.17, 15) is 8.78 Å². The first kappa shape index (κ1) is 17.9. The molecule has 2 aliphatic rings. The van der Waals surface area contributed by atoms with E-state index in [0.29, 0.717) is 10.4 Å². The quantitative estimate of drug-likeness (QED) is 0.760. The Labute approximate surface area is 160 Å². The zero-order valence-electron chi connectivity index (χ0n) is 15.0. The van der Waals surface area contributed by atoms with Gasteiger partial charge in [-0.2, -0.15) is 0 Å². The van der Waals surface area contributed by atoms with Crippen molar-refractivity contribution < 1.29 is 8.78 Å². The van der Waals surface area contributed by atoms with Crippen LogP contribution >= 0.6 is 15.9 Å². The third-order valence-corrected chi connectivity index (χ3v) is 5.90. The molecule has 0 bridgehead atoms. The highest BCUT2D eigenvalue weighted by molar-refractivity contribution is 9.10. The highest BCUT2D eigenvalue weighted by atomic mass is 79.9. The second-order valence-corrected chi connectivity index (χ2v) is 8.14. The number of nitrogens with one attached hydrogen (secondary N) is 1. The molecule has 0 aliphatic carbocycles. The van der Waals surface area contributed by atoms with Crippen molar-refractivity contribution in [3.8, 4) is 0 Å². The van der Waals surface area contributed by atoms with E-state index in [0.717, 1.165) is 67.6 Å². The van der Waals surface area contributed by atoms with Crippen LogP contribution in [-0.2, 0) is 19.5 Å². The summed E-state index contributed by atoms with van der Waals surface area (Å²) >= 11 is 3.31. The molecule has 2 aromatic rings. The van der Waals surface area contributed by atoms with Crippen molar-refractivity contribution in [1.82, 2.24) is 14.9 Å². The zero-order chi connectivity index (χ0) is 18.4. The minimum atomic E-state index is -2.50. The van der Waals surface area contributed by atoms with Gasteiger partial charge in [-0.1, -0.05) is 29.8 Å². The number of nitrogens with zero attached hydrogens (tertiary/aromatic N) is 3. The monoisotopic (exact) mass is 424 g/mol. The maximum absolute atomic E-state index is 13.4. The van der Waals surface area contributed by atoms with Gasteiger partial charge in [0, 0.05) is 47.8 Å². The molecular weight excluding hydrogens is 402 g/mol. The lowest BCUT2D eigenvalue weighted by Gasteiger charge is -2.32. The minimum absolute atomic E-state index is 0.0472. The predicted octanol–water partition coefficient (Wildman–Crippen LogP) is 4.89. The lowest BCUT2D eigenvalue weighted by molar-refractivity contribution is 0.150. The molecule has 0 atom stereocenters. The first-order chi connectivity index (χ1) is 12.5. The molecule has 0 amide bonds. The number of fused-ring (bicyclic) bond motifs is 2. The predicted molar refractivity (Wildman–Crippen MR) is 102 cm³/mol. The van der Waals surface area contributed by atoms with Crippen LogP contribution in [0.2, 0.25) is 0 Å². The molecule has 7 heteroatoms. The number of aryl methyl sites for hydroxylation is 1. The number of anilines is 2. The highest BCUT2D eigenvalue weighted by Gasteiger charge is 2.29. The normalized spacial score (nSPS) is 17.0. The van der Waals surface area contributed by atoms with E-state index < -0.39 is 6.43 Å². The van der Waals surface area contributed by atoms with Crippen LogP contribution in [0.5, 0.6) is 0 Å². The number of rotatable bonds is 3. The summed E-state index contributed by atoms with van der Waals surface area (Å²) < 4.78 is 29.7. The van der Waals surface area contributed by atoms with Crippen LogP contribution < -0.4 is 10.2 Å². The van der Waals surface area contributed by atoms with Crippen molar-refractivity contribution in [3.05, 3.63) is 39.3 Å². The van der Waals surface area contributed by atoms with Gasteiger partial charge in [0.05, 0.1) is 5.69 Å². The average molecular weight is 425 g/mol. The molecule has 26 heavy (non-hydrogen) atoms. The molecular formula is C19H23BrF2N4. The fourth-order valence-electron chi connectivity index (χ4n) is 3.98. The fourth-order valence-corrected chi connectivity index (χ4v) is 4.54. The van der Waals surface area contributed by atoms with Crippen molar-refractivity contribution in [3.63, 3.8) is 0 Å². The largest absolute Gasteiger partial charge is 0.327 e. The molecule has 0 fully saturated rings. The van der Waals surface area contributed by atoms with Gasteiger partial charge in [-0.05, 0) is 30.5 Å². The summed E-state index contributed by atoms with van der Waals surface area (Å²) in [7, 11) is 0. The SMILES string of the molecule is CC(C)c1nc(N2CCCc3cc(Br)c(C(F)F)cc32)c2n1CCNC2. The summed E-state index contributed by atoms with van der Waals surface area (Å²) in [6, 6.07) is 3.49. The van der Waals surface area contributed by atoms with Gasteiger partial charge in [-0.3, -0.25) is 0 Å². The van der Waals surface area contributed by atoms with E-state index in [-0.39, 0.29) is 5.56 Å². The van der Waals surface area contributed by atoms with Crippen LogP contribution in [0.15, 0.2) is 16.6 Å². The van der Waals surface area contributed by atoms with Gasteiger partial charge in [-0.15, -0.1) is 0 Å². The minimum Gasteiger partial charge on any atom is -0.327 e. The molecule has 4 rings (SSSR count). The molecule has 140 valence electrons. The molecule has 0 radical (unpaired) electrons. The van der Waals surface area contributed by atoms with Crippen molar-refractivity contribution in [1.29, 1.82) is 0 Å². The van der Waals surface area contributed by atoms with Crippen LogP contribution in [-0.4, -0.2) is 22.6 Å². The zero-order valence-corrected chi connectivity index (χ0v) is 16.6. The number of hydrogen-bond acceptors (Lipinski definition) is 3.